The highest BCUT2D eigenvalue weighted by Crippen LogP contribution is 2.36. The van der Waals surface area contributed by atoms with Crippen LogP contribution in [-0.4, -0.2) is 37.5 Å². The van der Waals surface area contributed by atoms with E-state index in [1.165, 1.54) is 23.2 Å². The first-order valence-electron chi connectivity index (χ1n) is 9.07. The molecule has 2 aromatic carbocycles. The molecule has 28 heavy (non-hydrogen) atoms. The van der Waals surface area contributed by atoms with Crippen LogP contribution in [0.4, 0.5) is 0 Å². The molecule has 1 amide bonds. The normalized spacial score (nSPS) is 16.4. The maximum Gasteiger partial charge on any atom is 0.265 e. The minimum Gasteiger partial charge on any atom is -0.457 e. The van der Waals surface area contributed by atoms with Gasteiger partial charge in [0.25, 0.3) is 5.91 Å². The number of amides is 1. The van der Waals surface area contributed by atoms with Gasteiger partial charge in [-0.1, -0.05) is 19.1 Å². The number of hydroxylamine groups is 1. The molecular formula is C20H23NO6S. The van der Waals surface area contributed by atoms with Crippen molar-refractivity contribution in [3.8, 4) is 11.5 Å². The number of aryl methyl sites for hydroxylation is 1. The van der Waals surface area contributed by atoms with Crippen molar-refractivity contribution < 1.29 is 27.9 Å². The van der Waals surface area contributed by atoms with Crippen LogP contribution in [0.5, 0.6) is 11.5 Å². The Bertz CT molecular complexity index is 916. The number of sulfone groups is 1. The number of benzene rings is 2. The van der Waals surface area contributed by atoms with E-state index in [1.807, 2.05) is 24.3 Å². The SMILES string of the molecule is CCc1ccc(Oc2ccc(S(=O)(=O)C3(C(=O)NO)CCOCC3)cc2)cc1. The van der Waals surface area contributed by atoms with Gasteiger partial charge in [0.05, 0.1) is 4.90 Å². The van der Waals surface area contributed by atoms with Crippen molar-refractivity contribution in [2.24, 2.45) is 0 Å². The maximum absolute atomic E-state index is 13.2. The summed E-state index contributed by atoms with van der Waals surface area (Å²) in [5.41, 5.74) is 2.70. The van der Waals surface area contributed by atoms with Crippen LogP contribution in [0.2, 0.25) is 0 Å². The fourth-order valence-electron chi connectivity index (χ4n) is 3.26. The Hall–Kier alpha value is -2.42. The summed E-state index contributed by atoms with van der Waals surface area (Å²) in [7, 11) is -4.04. The predicted molar refractivity (Wildman–Crippen MR) is 102 cm³/mol. The zero-order chi connectivity index (χ0) is 20.2. The van der Waals surface area contributed by atoms with Gasteiger partial charge in [-0.25, -0.2) is 13.9 Å². The Kier molecular flexibility index (Phi) is 6.02. The van der Waals surface area contributed by atoms with Gasteiger partial charge in [0, 0.05) is 13.2 Å². The van der Waals surface area contributed by atoms with Gasteiger partial charge in [0.2, 0.25) is 0 Å². The molecule has 0 aromatic heterocycles. The first-order valence-corrected chi connectivity index (χ1v) is 10.5. The third-order valence-electron chi connectivity index (χ3n) is 5.03. The lowest BCUT2D eigenvalue weighted by atomic mass is 9.98. The molecule has 1 aliphatic heterocycles. The van der Waals surface area contributed by atoms with Gasteiger partial charge in [0.1, 0.15) is 11.5 Å². The molecular weight excluding hydrogens is 382 g/mol. The van der Waals surface area contributed by atoms with Gasteiger partial charge in [-0.3, -0.25) is 10.0 Å². The van der Waals surface area contributed by atoms with Crippen molar-refractivity contribution in [2.75, 3.05) is 13.2 Å². The lowest BCUT2D eigenvalue weighted by molar-refractivity contribution is -0.134. The summed E-state index contributed by atoms with van der Waals surface area (Å²) in [5, 5.41) is 9.08. The lowest BCUT2D eigenvalue weighted by Crippen LogP contribution is -2.54. The highest BCUT2D eigenvalue weighted by molar-refractivity contribution is 7.93. The van der Waals surface area contributed by atoms with E-state index in [0.29, 0.717) is 11.5 Å². The maximum atomic E-state index is 13.2. The second kappa shape index (κ2) is 8.30. The van der Waals surface area contributed by atoms with Crippen LogP contribution < -0.4 is 10.2 Å². The van der Waals surface area contributed by atoms with Crippen molar-refractivity contribution in [2.45, 2.75) is 35.8 Å². The number of carbonyl (C=O) groups excluding carboxylic acids is 1. The van der Waals surface area contributed by atoms with Crippen LogP contribution in [0, 0.1) is 0 Å². The smallest absolute Gasteiger partial charge is 0.265 e. The third-order valence-corrected chi connectivity index (χ3v) is 7.55. The standard InChI is InChI=1S/C20H23NO6S/c1-2-15-3-5-16(6-4-15)27-17-7-9-18(10-8-17)28(24,25)20(19(22)21-23)11-13-26-14-12-20/h3-10,23H,2,11-14H2,1H3,(H,21,22). The van der Waals surface area contributed by atoms with Crippen LogP contribution in [0.25, 0.3) is 0 Å². The molecule has 2 N–H and O–H groups in total. The molecule has 8 heteroatoms. The predicted octanol–water partition coefficient (Wildman–Crippen LogP) is 2.87. The van der Waals surface area contributed by atoms with E-state index in [9.17, 15) is 13.2 Å². The van der Waals surface area contributed by atoms with Gasteiger partial charge in [0.15, 0.2) is 14.6 Å². The summed E-state index contributed by atoms with van der Waals surface area (Å²) in [5.74, 6) is 0.191. The number of hydrogen-bond donors (Lipinski definition) is 2. The summed E-state index contributed by atoms with van der Waals surface area (Å²) >= 11 is 0. The van der Waals surface area contributed by atoms with E-state index in [0.717, 1.165) is 6.42 Å². The number of ether oxygens (including phenoxy) is 2. The number of nitrogens with one attached hydrogen (secondary N) is 1. The molecule has 0 unspecified atom stereocenters. The van der Waals surface area contributed by atoms with Gasteiger partial charge < -0.3 is 9.47 Å². The summed E-state index contributed by atoms with van der Waals surface area (Å²) < 4.78 is 35.6. The molecule has 0 saturated carbocycles. The average molecular weight is 405 g/mol. The van der Waals surface area contributed by atoms with Crippen LogP contribution in [0.3, 0.4) is 0 Å². The molecule has 1 saturated heterocycles. The highest BCUT2D eigenvalue weighted by atomic mass is 32.2. The topological polar surface area (TPSA) is 102 Å². The highest BCUT2D eigenvalue weighted by Gasteiger charge is 2.52. The zero-order valence-corrected chi connectivity index (χ0v) is 16.4. The molecule has 0 radical (unpaired) electrons. The molecule has 1 heterocycles. The Balaban J connectivity index is 1.85. The van der Waals surface area contributed by atoms with E-state index in [-0.39, 0.29) is 31.0 Å². The van der Waals surface area contributed by atoms with E-state index >= 15 is 0 Å². The lowest BCUT2D eigenvalue weighted by Gasteiger charge is -2.34. The van der Waals surface area contributed by atoms with Crippen molar-refractivity contribution in [1.29, 1.82) is 0 Å². The fourth-order valence-corrected chi connectivity index (χ4v) is 5.20. The zero-order valence-electron chi connectivity index (χ0n) is 15.6. The Morgan fingerprint density at radius 2 is 1.61 bits per heavy atom. The van der Waals surface area contributed by atoms with Crippen LogP contribution >= 0.6 is 0 Å². The summed E-state index contributed by atoms with van der Waals surface area (Å²) in [6, 6.07) is 13.6. The quantitative estimate of drug-likeness (QED) is 0.566. The van der Waals surface area contributed by atoms with Gasteiger partial charge >= 0.3 is 0 Å². The van der Waals surface area contributed by atoms with Gasteiger partial charge in [-0.2, -0.15) is 0 Å². The number of hydrogen-bond acceptors (Lipinski definition) is 6. The van der Waals surface area contributed by atoms with Gasteiger partial charge in [-0.05, 0) is 61.2 Å². The van der Waals surface area contributed by atoms with Crippen molar-refractivity contribution in [3.05, 3.63) is 54.1 Å². The molecule has 150 valence electrons. The van der Waals surface area contributed by atoms with Crippen LogP contribution in [-0.2, 0) is 25.8 Å². The first-order chi connectivity index (χ1) is 13.4. The summed E-state index contributed by atoms with van der Waals surface area (Å²) in [6.07, 6.45) is 0.883. The fraction of sp³-hybridized carbons (Fsp3) is 0.350. The minimum absolute atomic E-state index is 0.00770. The number of carbonyl (C=O) groups is 1. The van der Waals surface area contributed by atoms with Gasteiger partial charge in [-0.15, -0.1) is 0 Å². The van der Waals surface area contributed by atoms with Crippen molar-refractivity contribution >= 4 is 15.7 Å². The Morgan fingerprint density at radius 3 is 2.11 bits per heavy atom. The third kappa shape index (κ3) is 3.76. The molecule has 0 spiro atoms. The molecule has 1 fully saturated rings. The number of rotatable bonds is 6. The molecule has 0 bridgehead atoms. The Morgan fingerprint density at radius 1 is 1.07 bits per heavy atom. The second-order valence-corrected chi connectivity index (χ2v) is 8.88. The summed E-state index contributed by atoms with van der Waals surface area (Å²) in [4.78, 5) is 12.2. The Labute approximate surface area is 164 Å². The average Bonchev–Trinajstić information content (AvgIpc) is 2.74. The summed E-state index contributed by atoms with van der Waals surface area (Å²) in [6.45, 7) is 2.32. The molecule has 3 rings (SSSR count). The molecule has 0 atom stereocenters. The minimum atomic E-state index is -4.04. The molecule has 1 aliphatic rings. The molecule has 0 aliphatic carbocycles. The largest absolute Gasteiger partial charge is 0.457 e. The second-order valence-electron chi connectivity index (χ2n) is 6.62. The monoisotopic (exact) mass is 405 g/mol. The first kappa shape index (κ1) is 20.3. The van der Waals surface area contributed by atoms with E-state index in [1.54, 1.807) is 12.1 Å². The van der Waals surface area contributed by atoms with Crippen molar-refractivity contribution in [1.82, 2.24) is 5.48 Å². The van der Waals surface area contributed by atoms with E-state index in [4.69, 9.17) is 14.7 Å². The molecule has 2 aromatic rings. The van der Waals surface area contributed by atoms with Crippen LogP contribution in [0.15, 0.2) is 53.4 Å². The van der Waals surface area contributed by atoms with Crippen LogP contribution in [0.1, 0.15) is 25.3 Å². The van der Waals surface area contributed by atoms with E-state index < -0.39 is 20.5 Å². The molecule has 7 nitrogen and oxygen atoms in total. The van der Waals surface area contributed by atoms with Crippen molar-refractivity contribution in [3.63, 3.8) is 0 Å². The van der Waals surface area contributed by atoms with E-state index in [2.05, 4.69) is 6.92 Å².